The van der Waals surface area contributed by atoms with Crippen LogP contribution in [0.5, 0.6) is 5.75 Å². The molecule has 234 valence electrons. The largest absolute Gasteiger partial charge is 0.415 e. The first kappa shape index (κ1) is 29.7. The van der Waals surface area contributed by atoms with Crippen molar-refractivity contribution < 1.29 is 14.3 Å². The van der Waals surface area contributed by atoms with Crippen LogP contribution in [0.4, 0.5) is 33.9 Å². The summed E-state index contributed by atoms with van der Waals surface area (Å²) in [4.78, 5) is 45.6. The van der Waals surface area contributed by atoms with Crippen LogP contribution in [0.3, 0.4) is 0 Å². The highest BCUT2D eigenvalue weighted by Gasteiger charge is 2.23. The number of aryl methyl sites for hydroxylation is 1. The van der Waals surface area contributed by atoms with E-state index >= 15 is 0 Å². The summed E-state index contributed by atoms with van der Waals surface area (Å²) in [6.45, 7) is 8.99. The van der Waals surface area contributed by atoms with Crippen molar-refractivity contribution in [2.75, 3.05) is 73.2 Å². The quantitative estimate of drug-likeness (QED) is 0.331. The number of carbonyl (C=O) groups is 2. The minimum absolute atomic E-state index is 0.0848. The lowest BCUT2D eigenvalue weighted by Crippen LogP contribution is -2.49. The van der Waals surface area contributed by atoms with Crippen LogP contribution in [0.25, 0.3) is 5.82 Å². The topological polar surface area (TPSA) is 151 Å². The summed E-state index contributed by atoms with van der Waals surface area (Å²) >= 11 is 0. The van der Waals surface area contributed by atoms with Crippen molar-refractivity contribution in [1.82, 2.24) is 34.5 Å². The molecule has 6 rings (SSSR count). The first-order valence-corrected chi connectivity index (χ1v) is 15.0. The molecule has 2 aromatic carbocycles. The van der Waals surface area contributed by atoms with Crippen molar-refractivity contribution in [3.8, 4) is 11.6 Å². The summed E-state index contributed by atoms with van der Waals surface area (Å²) in [5, 5.41) is 7.75. The van der Waals surface area contributed by atoms with Crippen LogP contribution in [-0.4, -0.2) is 98.9 Å². The van der Waals surface area contributed by atoms with Gasteiger partial charge in [0, 0.05) is 76.7 Å². The van der Waals surface area contributed by atoms with Gasteiger partial charge in [-0.3, -0.25) is 4.79 Å². The number of hydrogen-bond acceptors (Lipinski definition) is 11. The second kappa shape index (κ2) is 13.1. The van der Waals surface area contributed by atoms with E-state index in [-0.39, 0.29) is 17.9 Å². The van der Waals surface area contributed by atoms with Crippen molar-refractivity contribution >= 4 is 41.1 Å². The second-order valence-corrected chi connectivity index (χ2v) is 11.1. The summed E-state index contributed by atoms with van der Waals surface area (Å²) in [6.07, 6.45) is 2.01. The maximum atomic E-state index is 12.6. The van der Waals surface area contributed by atoms with Gasteiger partial charge in [-0.25, -0.2) is 14.8 Å². The maximum Gasteiger partial charge on any atom is 0.415 e. The van der Waals surface area contributed by atoms with Gasteiger partial charge in [0.2, 0.25) is 17.8 Å². The van der Waals surface area contributed by atoms with Crippen molar-refractivity contribution in [1.29, 1.82) is 0 Å². The predicted octanol–water partition coefficient (Wildman–Crippen LogP) is 3.07. The van der Waals surface area contributed by atoms with Crippen LogP contribution < -0.4 is 25.6 Å². The number of nitrogens with one attached hydrogen (secondary N) is 1. The molecule has 4 aromatic rings. The number of carbonyl (C=O) groups excluding carboxylic acids is 2. The fourth-order valence-corrected chi connectivity index (χ4v) is 5.44. The lowest BCUT2D eigenvalue weighted by molar-refractivity contribution is -0.128. The molecule has 3 N–H and O–H groups in total. The summed E-state index contributed by atoms with van der Waals surface area (Å²) in [7, 11) is 0. The molecule has 2 amide bonds. The summed E-state index contributed by atoms with van der Waals surface area (Å²) in [6, 6.07) is 17.2. The molecule has 2 fully saturated rings. The molecule has 4 heterocycles. The molecule has 2 aromatic heterocycles. The van der Waals surface area contributed by atoms with Crippen LogP contribution in [0.2, 0.25) is 0 Å². The monoisotopic (exact) mass is 611 g/mol. The van der Waals surface area contributed by atoms with Gasteiger partial charge in [0.1, 0.15) is 17.9 Å². The maximum absolute atomic E-state index is 12.6. The Morgan fingerprint density at radius 3 is 2.24 bits per heavy atom. The fourth-order valence-electron chi connectivity index (χ4n) is 5.44. The highest BCUT2D eigenvalue weighted by atomic mass is 16.6. The average Bonchev–Trinajstić information content (AvgIpc) is 3.24. The van der Waals surface area contributed by atoms with E-state index in [2.05, 4.69) is 35.2 Å². The Morgan fingerprint density at radius 2 is 1.51 bits per heavy atom. The number of anilines is 5. The molecule has 0 saturated carbocycles. The Hall–Kier alpha value is -5.40. The summed E-state index contributed by atoms with van der Waals surface area (Å²) in [5.74, 6) is 2.41. The lowest BCUT2D eigenvalue weighted by Gasteiger charge is -2.35. The zero-order valence-electron chi connectivity index (χ0n) is 25.5. The number of nitrogens with zero attached hydrogens (tertiary/aromatic N) is 9. The molecule has 0 atom stereocenters. The number of hydrogen-bond donors (Lipinski definition) is 2. The van der Waals surface area contributed by atoms with Gasteiger partial charge in [0.25, 0.3) is 0 Å². The number of amides is 2. The minimum Gasteiger partial charge on any atom is -0.410 e. The number of aromatic nitrogens is 5. The number of piperazine rings is 1. The Kier molecular flexibility index (Phi) is 8.62. The molecular weight excluding hydrogens is 574 g/mol. The smallest absolute Gasteiger partial charge is 0.410 e. The molecular formula is C31H37N11O3. The lowest BCUT2D eigenvalue weighted by atomic mass is 10.2. The van der Waals surface area contributed by atoms with Gasteiger partial charge in [-0.05, 0) is 49.7 Å². The Morgan fingerprint density at radius 1 is 0.822 bits per heavy atom. The zero-order chi connectivity index (χ0) is 31.3. The molecule has 14 nitrogen and oxygen atoms in total. The van der Waals surface area contributed by atoms with E-state index in [1.165, 1.54) is 11.0 Å². The number of nitrogens with two attached hydrogens (primary N) is 1. The number of ether oxygens (including phenoxy) is 1. The highest BCUT2D eigenvalue weighted by Crippen LogP contribution is 2.24. The Bertz CT molecular complexity index is 1630. The van der Waals surface area contributed by atoms with Gasteiger partial charge in [0.05, 0.1) is 0 Å². The van der Waals surface area contributed by atoms with E-state index in [1.807, 2.05) is 66.4 Å². The number of benzene rings is 2. The van der Waals surface area contributed by atoms with E-state index in [9.17, 15) is 9.59 Å². The van der Waals surface area contributed by atoms with E-state index in [4.69, 9.17) is 10.5 Å². The van der Waals surface area contributed by atoms with Gasteiger partial charge >= 0.3 is 6.09 Å². The van der Waals surface area contributed by atoms with Crippen LogP contribution in [-0.2, 0) is 4.79 Å². The Balaban J connectivity index is 1.04. The third-order valence-electron chi connectivity index (χ3n) is 8.01. The van der Waals surface area contributed by atoms with E-state index in [0.717, 1.165) is 42.3 Å². The molecule has 2 aliphatic heterocycles. The molecule has 0 bridgehead atoms. The van der Waals surface area contributed by atoms with Crippen LogP contribution in [0, 0.1) is 6.92 Å². The van der Waals surface area contributed by atoms with E-state index in [1.54, 1.807) is 11.8 Å². The normalized spacial score (nSPS) is 15.5. The molecule has 2 saturated heterocycles. The highest BCUT2D eigenvalue weighted by molar-refractivity contribution is 5.73. The number of nitrogen functional groups attached to an aromatic ring is 1. The third-order valence-corrected chi connectivity index (χ3v) is 8.01. The minimum atomic E-state index is -0.328. The van der Waals surface area contributed by atoms with Crippen molar-refractivity contribution in [2.24, 2.45) is 0 Å². The fraction of sp³-hybridized carbons (Fsp3) is 0.355. The molecule has 2 aliphatic rings. The molecule has 0 radical (unpaired) electrons. The van der Waals surface area contributed by atoms with Gasteiger partial charge in [0.15, 0.2) is 5.82 Å². The first-order chi connectivity index (χ1) is 21.8. The van der Waals surface area contributed by atoms with Crippen LogP contribution in [0.15, 0.2) is 60.9 Å². The van der Waals surface area contributed by atoms with E-state index in [0.29, 0.717) is 56.8 Å². The molecule has 0 unspecified atom stereocenters. The standard InChI is InChI=1S/C31H37N11O3/c1-22-4-10-26(11-5-22)45-31(44)41-18-15-39(16-19-41)25-8-6-24(7-9-25)35-30-36-29(32)42(37-30)28-20-27(33-21-34-28)40-13-3-12-38(14-17-40)23(2)43/h4-11,20-21H,3,12-19H2,1-2H3,(H3,32,35,36,37). The summed E-state index contributed by atoms with van der Waals surface area (Å²) in [5.41, 5.74) is 9.20. The van der Waals surface area contributed by atoms with Crippen LogP contribution >= 0.6 is 0 Å². The average molecular weight is 612 g/mol. The van der Waals surface area contributed by atoms with E-state index < -0.39 is 0 Å². The molecule has 0 spiro atoms. The zero-order valence-corrected chi connectivity index (χ0v) is 25.5. The third kappa shape index (κ3) is 7.06. The SMILES string of the molecule is CC(=O)N1CCCN(c2cc(-n3nc(Nc4ccc(N5CCN(C(=O)Oc6ccc(C)cc6)CC5)cc4)nc3N)ncn2)CC1. The molecule has 14 heteroatoms. The van der Waals surface area contributed by atoms with Crippen molar-refractivity contribution in [3.05, 3.63) is 66.5 Å². The van der Waals surface area contributed by atoms with Crippen LogP contribution in [0.1, 0.15) is 18.9 Å². The second-order valence-electron chi connectivity index (χ2n) is 11.1. The number of rotatable bonds is 6. The summed E-state index contributed by atoms with van der Waals surface area (Å²) < 4.78 is 7.00. The predicted molar refractivity (Wildman–Crippen MR) is 171 cm³/mol. The van der Waals surface area contributed by atoms with Crippen molar-refractivity contribution in [3.63, 3.8) is 0 Å². The van der Waals surface area contributed by atoms with Gasteiger partial charge in [-0.1, -0.05) is 17.7 Å². The van der Waals surface area contributed by atoms with Gasteiger partial charge in [-0.15, -0.1) is 5.10 Å². The molecule has 0 aliphatic carbocycles. The van der Waals surface area contributed by atoms with Gasteiger partial charge in [-0.2, -0.15) is 9.67 Å². The molecule has 45 heavy (non-hydrogen) atoms. The first-order valence-electron chi connectivity index (χ1n) is 15.0. The van der Waals surface area contributed by atoms with Gasteiger partial charge < -0.3 is 35.4 Å². The van der Waals surface area contributed by atoms with Crippen molar-refractivity contribution in [2.45, 2.75) is 20.3 Å². The Labute approximate surface area is 261 Å².